The van der Waals surface area contributed by atoms with Crippen molar-refractivity contribution in [2.45, 2.75) is 52.0 Å². The topological polar surface area (TPSA) is 46.5 Å². The SMILES string of the molecule is CC(C)(C)CC(C)(C)c1ccc(OC(Cl)C(=O)O)cc1. The Labute approximate surface area is 125 Å². The zero-order valence-electron chi connectivity index (χ0n) is 12.7. The van der Waals surface area contributed by atoms with Gasteiger partial charge in [-0.1, -0.05) is 58.4 Å². The lowest BCUT2D eigenvalue weighted by Gasteiger charge is -2.33. The zero-order valence-corrected chi connectivity index (χ0v) is 13.5. The van der Waals surface area contributed by atoms with Gasteiger partial charge in [-0.05, 0) is 34.9 Å². The average Bonchev–Trinajstić information content (AvgIpc) is 2.26. The highest BCUT2D eigenvalue weighted by Gasteiger charge is 2.27. The minimum atomic E-state index is -1.36. The molecule has 1 rings (SSSR count). The number of carboxylic acids is 1. The van der Waals surface area contributed by atoms with E-state index in [1.54, 1.807) is 12.1 Å². The zero-order chi connectivity index (χ0) is 15.6. The Morgan fingerprint density at radius 3 is 2.10 bits per heavy atom. The molecule has 0 heterocycles. The summed E-state index contributed by atoms with van der Waals surface area (Å²) in [6.07, 6.45) is 1.05. The third-order valence-electron chi connectivity index (χ3n) is 3.04. The molecule has 20 heavy (non-hydrogen) atoms. The third kappa shape index (κ3) is 5.04. The van der Waals surface area contributed by atoms with E-state index in [4.69, 9.17) is 21.4 Å². The molecule has 0 aromatic heterocycles. The quantitative estimate of drug-likeness (QED) is 0.818. The highest BCUT2D eigenvalue weighted by molar-refractivity contribution is 6.28. The van der Waals surface area contributed by atoms with Crippen molar-refractivity contribution in [2.75, 3.05) is 0 Å². The molecule has 1 aromatic carbocycles. The van der Waals surface area contributed by atoms with E-state index in [1.807, 2.05) is 12.1 Å². The molecule has 0 amide bonds. The summed E-state index contributed by atoms with van der Waals surface area (Å²) in [5.74, 6) is -0.730. The summed E-state index contributed by atoms with van der Waals surface area (Å²) in [4.78, 5) is 10.6. The van der Waals surface area contributed by atoms with E-state index in [-0.39, 0.29) is 10.8 Å². The Kier molecular flexibility index (Phi) is 5.09. The minimum absolute atomic E-state index is 0.0456. The Balaban J connectivity index is 2.83. The van der Waals surface area contributed by atoms with Gasteiger partial charge in [0.25, 0.3) is 5.56 Å². The second-order valence-corrected chi connectivity index (χ2v) is 7.31. The molecule has 1 N–H and O–H groups in total. The van der Waals surface area contributed by atoms with E-state index in [9.17, 15) is 4.79 Å². The van der Waals surface area contributed by atoms with Crippen LogP contribution in [0.15, 0.2) is 24.3 Å². The van der Waals surface area contributed by atoms with Crippen molar-refractivity contribution in [3.8, 4) is 5.75 Å². The summed E-state index contributed by atoms with van der Waals surface area (Å²) in [5.41, 5.74) is 0.123. The lowest BCUT2D eigenvalue weighted by molar-refractivity contribution is -0.141. The maximum absolute atomic E-state index is 10.6. The Morgan fingerprint density at radius 2 is 1.70 bits per heavy atom. The number of alkyl halides is 1. The molecule has 1 atom stereocenters. The molecule has 0 fully saturated rings. The van der Waals surface area contributed by atoms with E-state index in [0.717, 1.165) is 6.42 Å². The highest BCUT2D eigenvalue weighted by Crippen LogP contribution is 2.36. The molecule has 1 aromatic rings. The molecule has 0 saturated heterocycles. The van der Waals surface area contributed by atoms with Crippen LogP contribution in [-0.2, 0) is 10.2 Å². The Hall–Kier alpha value is -1.22. The van der Waals surface area contributed by atoms with Crippen molar-refractivity contribution in [1.29, 1.82) is 0 Å². The van der Waals surface area contributed by atoms with Crippen LogP contribution in [0, 0.1) is 5.41 Å². The van der Waals surface area contributed by atoms with Crippen LogP contribution in [0.4, 0.5) is 0 Å². The summed E-state index contributed by atoms with van der Waals surface area (Å²) >= 11 is 5.55. The molecule has 0 radical (unpaired) electrons. The van der Waals surface area contributed by atoms with Crippen molar-refractivity contribution >= 4 is 17.6 Å². The lowest BCUT2D eigenvalue weighted by atomic mass is 9.72. The van der Waals surface area contributed by atoms with Crippen molar-refractivity contribution in [2.24, 2.45) is 5.41 Å². The molecular weight excluding hydrogens is 276 g/mol. The van der Waals surface area contributed by atoms with Crippen molar-refractivity contribution < 1.29 is 14.6 Å². The second kappa shape index (κ2) is 6.04. The molecule has 0 aliphatic heterocycles. The van der Waals surface area contributed by atoms with E-state index < -0.39 is 11.5 Å². The third-order valence-corrected chi connectivity index (χ3v) is 3.32. The summed E-state index contributed by atoms with van der Waals surface area (Å²) in [6, 6.07) is 7.45. The van der Waals surface area contributed by atoms with E-state index in [1.165, 1.54) is 5.56 Å². The summed E-state index contributed by atoms with van der Waals surface area (Å²) in [5, 5.41) is 8.70. The number of ether oxygens (including phenoxy) is 1. The van der Waals surface area contributed by atoms with Gasteiger partial charge in [0.1, 0.15) is 5.75 Å². The number of hydrogen-bond donors (Lipinski definition) is 1. The summed E-state index contributed by atoms with van der Waals surface area (Å²) in [7, 11) is 0. The van der Waals surface area contributed by atoms with Gasteiger partial charge in [-0.25, -0.2) is 4.79 Å². The van der Waals surface area contributed by atoms with Gasteiger partial charge in [0.2, 0.25) is 0 Å². The fourth-order valence-electron chi connectivity index (χ4n) is 2.58. The lowest BCUT2D eigenvalue weighted by Crippen LogP contribution is -2.25. The number of aliphatic carboxylic acids is 1. The first-order valence-corrected chi connectivity index (χ1v) is 7.09. The van der Waals surface area contributed by atoms with E-state index in [2.05, 4.69) is 34.6 Å². The van der Waals surface area contributed by atoms with Gasteiger partial charge in [0.05, 0.1) is 0 Å². The van der Waals surface area contributed by atoms with Crippen molar-refractivity contribution in [3.63, 3.8) is 0 Å². The number of hydrogen-bond acceptors (Lipinski definition) is 2. The van der Waals surface area contributed by atoms with Crippen LogP contribution in [0.5, 0.6) is 5.75 Å². The first-order chi connectivity index (χ1) is 9.01. The van der Waals surface area contributed by atoms with Gasteiger partial charge in [-0.15, -0.1) is 0 Å². The van der Waals surface area contributed by atoms with Crippen LogP contribution in [-0.4, -0.2) is 16.6 Å². The fourth-order valence-corrected chi connectivity index (χ4v) is 2.69. The second-order valence-electron chi connectivity index (χ2n) is 6.92. The molecular formula is C16H23ClO3. The average molecular weight is 299 g/mol. The molecule has 3 nitrogen and oxygen atoms in total. The number of carbonyl (C=O) groups is 1. The van der Waals surface area contributed by atoms with Crippen LogP contribution in [0.2, 0.25) is 0 Å². The first-order valence-electron chi connectivity index (χ1n) is 6.65. The highest BCUT2D eigenvalue weighted by atomic mass is 35.5. The van der Waals surface area contributed by atoms with E-state index in [0.29, 0.717) is 5.75 Å². The maximum Gasteiger partial charge on any atom is 0.360 e. The first kappa shape index (κ1) is 16.8. The van der Waals surface area contributed by atoms with E-state index >= 15 is 0 Å². The van der Waals surface area contributed by atoms with Gasteiger partial charge >= 0.3 is 5.97 Å². The standard InChI is InChI=1S/C16H23ClO3/c1-15(2,3)10-16(4,5)11-6-8-12(9-7-11)20-13(17)14(18)19/h6-9,13H,10H2,1-5H3,(H,18,19). The monoisotopic (exact) mass is 298 g/mol. The molecule has 0 aliphatic rings. The van der Waals surface area contributed by atoms with Gasteiger partial charge < -0.3 is 9.84 Å². The van der Waals surface area contributed by atoms with Crippen LogP contribution in [0.3, 0.4) is 0 Å². The molecule has 0 bridgehead atoms. The van der Waals surface area contributed by atoms with Gasteiger partial charge in [0, 0.05) is 0 Å². The van der Waals surface area contributed by atoms with Crippen molar-refractivity contribution in [1.82, 2.24) is 0 Å². The summed E-state index contributed by atoms with van der Waals surface area (Å²) < 4.78 is 5.11. The molecule has 1 unspecified atom stereocenters. The predicted octanol–water partition coefficient (Wildman–Crippen LogP) is 4.43. The van der Waals surface area contributed by atoms with Gasteiger partial charge in [0.15, 0.2) is 0 Å². The minimum Gasteiger partial charge on any atom is -0.478 e. The number of carboxylic acid groups (broad SMARTS) is 1. The normalized spacial score (nSPS) is 13.9. The molecule has 0 spiro atoms. The largest absolute Gasteiger partial charge is 0.478 e. The maximum atomic E-state index is 10.6. The van der Waals surface area contributed by atoms with Crippen LogP contribution in [0.1, 0.15) is 46.6 Å². The number of benzene rings is 1. The Morgan fingerprint density at radius 1 is 1.20 bits per heavy atom. The van der Waals surface area contributed by atoms with Gasteiger partial charge in [-0.2, -0.15) is 0 Å². The predicted molar refractivity (Wildman–Crippen MR) is 81.4 cm³/mol. The molecule has 0 aliphatic carbocycles. The van der Waals surface area contributed by atoms with Crippen LogP contribution in [0.25, 0.3) is 0 Å². The molecule has 4 heteroatoms. The van der Waals surface area contributed by atoms with Crippen LogP contribution < -0.4 is 4.74 Å². The van der Waals surface area contributed by atoms with Crippen molar-refractivity contribution in [3.05, 3.63) is 29.8 Å². The van der Waals surface area contributed by atoms with Crippen LogP contribution >= 0.6 is 11.6 Å². The molecule has 112 valence electrons. The fraction of sp³-hybridized carbons (Fsp3) is 0.562. The summed E-state index contributed by atoms with van der Waals surface area (Å²) in [6.45, 7) is 11.1. The number of halogens is 1. The number of rotatable bonds is 5. The Bertz CT molecular complexity index is 458. The smallest absolute Gasteiger partial charge is 0.360 e. The van der Waals surface area contributed by atoms with Gasteiger partial charge in [-0.3, -0.25) is 0 Å². The molecule has 0 saturated carbocycles.